The second-order valence-corrected chi connectivity index (χ2v) is 9.45. The van der Waals surface area contributed by atoms with E-state index in [2.05, 4.69) is 9.97 Å². The summed E-state index contributed by atoms with van der Waals surface area (Å²) in [6.45, 7) is 0.714. The van der Waals surface area contributed by atoms with E-state index in [-0.39, 0.29) is 18.6 Å². The molecule has 0 N–H and O–H groups in total. The standard InChI is InChI=1S/C26H21Cl2N5O3/c27-19-11-21-23(12-20(19)28)32(15-30-21)14-24(34)26-18-7-6-16(36-17-4-3-8-29-13-17)10-22(18)33(31-26)25-5-1-2-9-35-25/h3-4,6-8,10-13,15,25H,1-2,5,9,14H2. The normalized spacial score (nSPS) is 16.0. The third kappa shape index (κ3) is 4.32. The Labute approximate surface area is 216 Å². The summed E-state index contributed by atoms with van der Waals surface area (Å²) in [6.07, 6.45) is 7.57. The smallest absolute Gasteiger partial charge is 0.203 e. The molecule has 36 heavy (non-hydrogen) atoms. The molecule has 2 aromatic carbocycles. The van der Waals surface area contributed by atoms with Crippen molar-refractivity contribution in [1.29, 1.82) is 0 Å². The van der Waals surface area contributed by atoms with Crippen LogP contribution in [0.5, 0.6) is 11.5 Å². The average Bonchev–Trinajstić information content (AvgIpc) is 3.46. The molecule has 8 nitrogen and oxygen atoms in total. The van der Waals surface area contributed by atoms with E-state index in [1.54, 1.807) is 40.1 Å². The predicted molar refractivity (Wildman–Crippen MR) is 137 cm³/mol. The van der Waals surface area contributed by atoms with Crippen LogP contribution in [0.15, 0.2) is 61.2 Å². The van der Waals surface area contributed by atoms with Crippen LogP contribution in [0.1, 0.15) is 36.0 Å². The Hall–Kier alpha value is -3.46. The van der Waals surface area contributed by atoms with Crippen LogP contribution < -0.4 is 4.74 Å². The third-order valence-corrected chi connectivity index (χ3v) is 6.94. The predicted octanol–water partition coefficient (Wildman–Crippen LogP) is 6.46. The highest BCUT2D eigenvalue weighted by Crippen LogP contribution is 2.33. The largest absolute Gasteiger partial charge is 0.456 e. The lowest BCUT2D eigenvalue weighted by Crippen LogP contribution is -2.20. The molecule has 0 bridgehead atoms. The fraction of sp³-hybridized carbons (Fsp3) is 0.231. The van der Waals surface area contributed by atoms with E-state index in [0.29, 0.717) is 39.4 Å². The van der Waals surface area contributed by atoms with Gasteiger partial charge >= 0.3 is 0 Å². The van der Waals surface area contributed by atoms with Crippen LogP contribution in [-0.2, 0) is 11.3 Å². The van der Waals surface area contributed by atoms with Gasteiger partial charge in [0.1, 0.15) is 17.2 Å². The van der Waals surface area contributed by atoms with Crippen LogP contribution in [0.4, 0.5) is 0 Å². The molecule has 5 aromatic rings. The van der Waals surface area contributed by atoms with Crippen LogP contribution in [0, 0.1) is 0 Å². The van der Waals surface area contributed by atoms with E-state index in [1.165, 1.54) is 0 Å². The number of carbonyl (C=O) groups is 1. The maximum absolute atomic E-state index is 13.5. The van der Waals surface area contributed by atoms with Crippen molar-refractivity contribution in [2.75, 3.05) is 6.61 Å². The number of nitrogens with zero attached hydrogens (tertiary/aromatic N) is 5. The van der Waals surface area contributed by atoms with Gasteiger partial charge in [0.2, 0.25) is 5.78 Å². The van der Waals surface area contributed by atoms with Gasteiger partial charge in [0, 0.05) is 24.3 Å². The minimum Gasteiger partial charge on any atom is -0.456 e. The Morgan fingerprint density at radius 2 is 1.97 bits per heavy atom. The van der Waals surface area contributed by atoms with E-state index in [4.69, 9.17) is 37.8 Å². The summed E-state index contributed by atoms with van der Waals surface area (Å²) in [5.74, 6) is 1.10. The highest BCUT2D eigenvalue weighted by molar-refractivity contribution is 6.42. The molecule has 1 aliphatic heterocycles. The van der Waals surface area contributed by atoms with Gasteiger partial charge in [-0.2, -0.15) is 5.10 Å². The Morgan fingerprint density at radius 3 is 2.78 bits per heavy atom. The summed E-state index contributed by atoms with van der Waals surface area (Å²) in [5, 5.41) is 6.31. The molecule has 1 fully saturated rings. The van der Waals surface area contributed by atoms with Crippen molar-refractivity contribution in [2.24, 2.45) is 0 Å². The van der Waals surface area contributed by atoms with Crippen LogP contribution in [0.3, 0.4) is 0 Å². The topological polar surface area (TPSA) is 84.1 Å². The number of fused-ring (bicyclic) bond motifs is 2. The molecule has 0 amide bonds. The zero-order valence-corrected chi connectivity index (χ0v) is 20.6. The quantitative estimate of drug-likeness (QED) is 0.238. The third-order valence-electron chi connectivity index (χ3n) is 6.22. The van der Waals surface area contributed by atoms with Gasteiger partial charge in [-0.05, 0) is 55.7 Å². The zero-order chi connectivity index (χ0) is 24.6. The molecular weight excluding hydrogens is 501 g/mol. The number of imidazole rings is 1. The molecule has 1 saturated heterocycles. The van der Waals surface area contributed by atoms with Gasteiger partial charge in [-0.1, -0.05) is 23.2 Å². The summed E-state index contributed by atoms with van der Waals surface area (Å²) in [6, 6.07) is 12.6. The van der Waals surface area contributed by atoms with Gasteiger partial charge in [0.25, 0.3) is 0 Å². The average molecular weight is 522 g/mol. The molecule has 0 saturated carbocycles. The van der Waals surface area contributed by atoms with Gasteiger partial charge in [-0.25, -0.2) is 9.67 Å². The molecule has 182 valence electrons. The Kier molecular flexibility index (Phi) is 6.08. The molecule has 0 aliphatic carbocycles. The lowest BCUT2D eigenvalue weighted by molar-refractivity contribution is -0.0368. The van der Waals surface area contributed by atoms with Crippen molar-refractivity contribution in [1.82, 2.24) is 24.3 Å². The maximum Gasteiger partial charge on any atom is 0.203 e. The number of Topliss-reactive ketones (excluding diaryl/α,β-unsaturated/α-hetero) is 1. The van der Waals surface area contributed by atoms with E-state index >= 15 is 0 Å². The van der Waals surface area contributed by atoms with Gasteiger partial charge in [-0.15, -0.1) is 0 Å². The number of carbonyl (C=O) groups excluding carboxylic acids is 1. The fourth-order valence-corrected chi connectivity index (χ4v) is 4.79. The number of hydrogen-bond acceptors (Lipinski definition) is 6. The number of halogens is 2. The first kappa shape index (κ1) is 23.0. The summed E-state index contributed by atoms with van der Waals surface area (Å²) < 4.78 is 15.6. The molecule has 4 heterocycles. The van der Waals surface area contributed by atoms with Crippen LogP contribution >= 0.6 is 23.2 Å². The number of benzene rings is 2. The SMILES string of the molecule is O=C(Cn1cnc2cc(Cl)c(Cl)cc21)c1nn(C2CCCCO2)c2cc(Oc3cccnc3)ccc12. The van der Waals surface area contributed by atoms with Gasteiger partial charge in [0.05, 0.1) is 45.7 Å². The molecule has 10 heteroatoms. The van der Waals surface area contributed by atoms with Crippen LogP contribution in [0.2, 0.25) is 10.0 Å². The Bertz CT molecular complexity index is 1580. The molecule has 0 radical (unpaired) electrons. The maximum atomic E-state index is 13.5. The summed E-state index contributed by atoms with van der Waals surface area (Å²) in [7, 11) is 0. The number of pyridine rings is 1. The zero-order valence-electron chi connectivity index (χ0n) is 19.1. The van der Waals surface area contributed by atoms with Crippen molar-refractivity contribution in [3.8, 4) is 11.5 Å². The van der Waals surface area contributed by atoms with Crippen molar-refractivity contribution in [3.63, 3.8) is 0 Å². The van der Waals surface area contributed by atoms with Crippen molar-refractivity contribution < 1.29 is 14.3 Å². The Balaban J connectivity index is 1.38. The molecule has 0 spiro atoms. The lowest BCUT2D eigenvalue weighted by atomic mass is 10.1. The molecule has 1 atom stereocenters. The number of rotatable bonds is 6. The Morgan fingerprint density at radius 1 is 1.08 bits per heavy atom. The monoisotopic (exact) mass is 521 g/mol. The van der Waals surface area contributed by atoms with Gasteiger partial charge in [0.15, 0.2) is 6.23 Å². The van der Waals surface area contributed by atoms with Crippen LogP contribution in [-0.4, -0.2) is 36.7 Å². The molecular formula is C26H21Cl2N5O3. The van der Waals surface area contributed by atoms with Gasteiger partial charge in [-0.3, -0.25) is 9.78 Å². The second-order valence-electron chi connectivity index (χ2n) is 8.63. The molecule has 1 aliphatic rings. The highest BCUT2D eigenvalue weighted by atomic mass is 35.5. The summed E-state index contributed by atoms with van der Waals surface area (Å²) in [4.78, 5) is 22.0. The molecule has 3 aromatic heterocycles. The van der Waals surface area contributed by atoms with Crippen molar-refractivity contribution in [3.05, 3.63) is 76.9 Å². The van der Waals surface area contributed by atoms with Gasteiger partial charge < -0.3 is 14.0 Å². The first-order valence-electron chi connectivity index (χ1n) is 11.6. The number of hydrogen-bond donors (Lipinski definition) is 0. The van der Waals surface area contributed by atoms with Crippen LogP contribution in [0.25, 0.3) is 21.9 Å². The lowest BCUT2D eigenvalue weighted by Gasteiger charge is -2.23. The minimum absolute atomic E-state index is 0.0556. The second kappa shape index (κ2) is 9.54. The van der Waals surface area contributed by atoms with Crippen molar-refractivity contribution in [2.45, 2.75) is 32.0 Å². The number of ether oxygens (including phenoxy) is 2. The van der Waals surface area contributed by atoms with E-state index in [1.807, 2.05) is 30.3 Å². The number of aromatic nitrogens is 5. The summed E-state index contributed by atoms with van der Waals surface area (Å²) >= 11 is 12.3. The first-order chi connectivity index (χ1) is 17.6. The van der Waals surface area contributed by atoms with E-state index in [0.717, 1.165) is 35.7 Å². The van der Waals surface area contributed by atoms with E-state index in [9.17, 15) is 4.79 Å². The first-order valence-corrected chi connectivity index (χ1v) is 12.4. The highest BCUT2D eigenvalue weighted by Gasteiger charge is 2.25. The molecule has 6 rings (SSSR count). The summed E-state index contributed by atoms with van der Waals surface area (Å²) in [5.41, 5.74) is 2.54. The minimum atomic E-state index is -0.244. The molecule has 1 unspecified atom stereocenters. The van der Waals surface area contributed by atoms with E-state index < -0.39 is 0 Å². The number of ketones is 1. The fourth-order valence-electron chi connectivity index (χ4n) is 4.47. The van der Waals surface area contributed by atoms with Crippen molar-refractivity contribution >= 4 is 50.9 Å².